The van der Waals surface area contributed by atoms with Crippen molar-refractivity contribution in [2.75, 3.05) is 0 Å². The van der Waals surface area contributed by atoms with Crippen molar-refractivity contribution in [1.82, 2.24) is 0 Å². The minimum Gasteiger partial charge on any atom is -0.281 e. The van der Waals surface area contributed by atoms with E-state index in [0.717, 1.165) is 0 Å². The summed E-state index contributed by atoms with van der Waals surface area (Å²) in [6, 6.07) is 0. The Hall–Kier alpha value is -0.300. The Labute approximate surface area is 66.1 Å². The molecule has 0 unspecified atom stereocenters. The number of hydrogen-bond donors (Lipinski definition) is 0. The molecule has 0 heterocycles. The van der Waals surface area contributed by atoms with Gasteiger partial charge in [0.2, 0.25) is 5.24 Å². The fraction of sp³-hybridized carbons (Fsp3) is 0.625. The van der Waals surface area contributed by atoms with Gasteiger partial charge in [-0.1, -0.05) is 19.9 Å². The maximum Gasteiger partial charge on any atom is 0.225 e. The highest BCUT2D eigenvalue weighted by atomic mass is 35.5. The van der Waals surface area contributed by atoms with E-state index in [1.807, 2.05) is 19.9 Å². The fourth-order valence-corrected chi connectivity index (χ4v) is 1.97. The number of carbonyl (C=O) groups is 1. The SMILES string of the molecule is C=C[C@@H]1[C@H](C(=O)Cl)C1(C)C. The first-order valence-corrected chi connectivity index (χ1v) is 3.71. The van der Waals surface area contributed by atoms with Crippen LogP contribution in [0.2, 0.25) is 0 Å². The van der Waals surface area contributed by atoms with Gasteiger partial charge in [-0.3, -0.25) is 4.79 Å². The Kier molecular flexibility index (Phi) is 1.63. The average molecular weight is 159 g/mol. The van der Waals surface area contributed by atoms with Crippen LogP contribution in [-0.4, -0.2) is 5.24 Å². The standard InChI is InChI=1S/C8H11ClO/c1-4-5-6(7(9)10)8(5,2)3/h4-6H,1H2,2-3H3/t5-,6-/m1/s1. The van der Waals surface area contributed by atoms with Crippen LogP contribution in [0.25, 0.3) is 0 Å². The molecule has 2 atom stereocenters. The van der Waals surface area contributed by atoms with Crippen LogP contribution >= 0.6 is 11.6 Å². The van der Waals surface area contributed by atoms with Crippen LogP contribution < -0.4 is 0 Å². The summed E-state index contributed by atoms with van der Waals surface area (Å²) in [5.41, 5.74) is 0.0561. The predicted octanol–water partition coefficient (Wildman–Crippen LogP) is 2.21. The highest BCUT2D eigenvalue weighted by molar-refractivity contribution is 6.64. The van der Waals surface area contributed by atoms with Gasteiger partial charge in [0, 0.05) is 5.92 Å². The van der Waals surface area contributed by atoms with Gasteiger partial charge in [0.1, 0.15) is 0 Å². The van der Waals surface area contributed by atoms with Crippen LogP contribution in [0.4, 0.5) is 0 Å². The van der Waals surface area contributed by atoms with Crippen molar-refractivity contribution in [2.45, 2.75) is 13.8 Å². The number of halogens is 1. The van der Waals surface area contributed by atoms with Gasteiger partial charge < -0.3 is 0 Å². The molecule has 0 N–H and O–H groups in total. The third-order valence-electron chi connectivity index (χ3n) is 2.41. The summed E-state index contributed by atoms with van der Waals surface area (Å²) < 4.78 is 0. The zero-order valence-corrected chi connectivity index (χ0v) is 6.98. The van der Waals surface area contributed by atoms with Gasteiger partial charge in [0.05, 0.1) is 0 Å². The summed E-state index contributed by atoms with van der Waals surface area (Å²) >= 11 is 5.35. The van der Waals surface area contributed by atoms with E-state index in [0.29, 0.717) is 0 Å². The summed E-state index contributed by atoms with van der Waals surface area (Å²) in [6.45, 7) is 7.70. The van der Waals surface area contributed by atoms with Crippen LogP contribution in [-0.2, 0) is 4.79 Å². The molecule has 1 nitrogen and oxygen atoms in total. The van der Waals surface area contributed by atoms with Gasteiger partial charge in [0.15, 0.2) is 0 Å². The van der Waals surface area contributed by atoms with Crippen molar-refractivity contribution in [3.63, 3.8) is 0 Å². The smallest absolute Gasteiger partial charge is 0.225 e. The lowest BCUT2D eigenvalue weighted by Gasteiger charge is -1.95. The van der Waals surface area contributed by atoms with E-state index in [9.17, 15) is 4.79 Å². The van der Waals surface area contributed by atoms with Crippen molar-refractivity contribution < 1.29 is 4.79 Å². The van der Waals surface area contributed by atoms with Crippen LogP contribution in [0.5, 0.6) is 0 Å². The van der Waals surface area contributed by atoms with Gasteiger partial charge in [-0.15, -0.1) is 6.58 Å². The lowest BCUT2D eigenvalue weighted by molar-refractivity contribution is -0.113. The zero-order valence-electron chi connectivity index (χ0n) is 6.23. The minimum atomic E-state index is -0.227. The molecule has 10 heavy (non-hydrogen) atoms. The lowest BCUT2D eigenvalue weighted by Crippen LogP contribution is -1.96. The first-order chi connectivity index (χ1) is 4.51. The lowest BCUT2D eigenvalue weighted by atomic mass is 10.1. The normalized spacial score (nSPS) is 35.1. The second-order valence-electron chi connectivity index (χ2n) is 3.36. The molecule has 2 heteroatoms. The number of allylic oxidation sites excluding steroid dienone is 1. The molecule has 0 amide bonds. The molecule has 1 rings (SSSR count). The van der Waals surface area contributed by atoms with E-state index in [1.165, 1.54) is 0 Å². The number of rotatable bonds is 2. The Bertz CT molecular complexity index is 184. The van der Waals surface area contributed by atoms with Crippen molar-refractivity contribution in [3.05, 3.63) is 12.7 Å². The first-order valence-electron chi connectivity index (χ1n) is 3.33. The van der Waals surface area contributed by atoms with Gasteiger partial charge in [-0.05, 0) is 22.9 Å². The third-order valence-corrected chi connectivity index (χ3v) is 2.64. The molecular formula is C8H11ClO. The summed E-state index contributed by atoms with van der Waals surface area (Å²) in [6.07, 6.45) is 1.81. The number of hydrogen-bond acceptors (Lipinski definition) is 1. The maximum atomic E-state index is 10.7. The van der Waals surface area contributed by atoms with Gasteiger partial charge in [0.25, 0.3) is 0 Å². The van der Waals surface area contributed by atoms with E-state index >= 15 is 0 Å². The maximum absolute atomic E-state index is 10.7. The molecule has 0 aliphatic heterocycles. The predicted molar refractivity (Wildman–Crippen MR) is 41.8 cm³/mol. The van der Waals surface area contributed by atoms with Gasteiger partial charge >= 0.3 is 0 Å². The Balaban J connectivity index is 2.70. The third kappa shape index (κ3) is 0.891. The highest BCUT2D eigenvalue weighted by Gasteiger charge is 2.59. The largest absolute Gasteiger partial charge is 0.281 e. The van der Waals surface area contributed by atoms with Crippen LogP contribution in [0.3, 0.4) is 0 Å². The molecule has 1 aliphatic carbocycles. The van der Waals surface area contributed by atoms with Crippen molar-refractivity contribution >= 4 is 16.8 Å². The second-order valence-corrected chi connectivity index (χ2v) is 3.74. The van der Waals surface area contributed by atoms with Crippen molar-refractivity contribution in [1.29, 1.82) is 0 Å². The quantitative estimate of drug-likeness (QED) is 0.445. The zero-order chi connectivity index (χ0) is 7.94. The summed E-state index contributed by atoms with van der Waals surface area (Å²) in [4.78, 5) is 10.7. The second kappa shape index (κ2) is 2.09. The molecule has 1 fully saturated rings. The van der Waals surface area contributed by atoms with E-state index < -0.39 is 0 Å². The molecule has 56 valence electrons. The van der Waals surface area contributed by atoms with E-state index in [4.69, 9.17) is 11.6 Å². The van der Waals surface area contributed by atoms with E-state index in [2.05, 4.69) is 6.58 Å². The topological polar surface area (TPSA) is 17.1 Å². The Morgan fingerprint density at radius 1 is 1.70 bits per heavy atom. The molecule has 0 spiro atoms. The average Bonchev–Trinajstić information content (AvgIpc) is 2.33. The van der Waals surface area contributed by atoms with Crippen LogP contribution in [0, 0.1) is 17.3 Å². The molecular weight excluding hydrogens is 148 g/mol. The molecule has 0 saturated heterocycles. The summed E-state index contributed by atoms with van der Waals surface area (Å²) in [5, 5.41) is -0.227. The highest BCUT2D eigenvalue weighted by Crippen LogP contribution is 2.59. The molecule has 1 aliphatic rings. The summed E-state index contributed by atoms with van der Waals surface area (Å²) in [5.74, 6) is 0.296. The molecule has 0 aromatic heterocycles. The van der Waals surface area contributed by atoms with Crippen LogP contribution in [0.1, 0.15) is 13.8 Å². The summed E-state index contributed by atoms with van der Waals surface area (Å²) in [7, 11) is 0. The molecule has 0 aromatic rings. The fourth-order valence-electron chi connectivity index (χ4n) is 1.55. The Morgan fingerprint density at radius 2 is 2.20 bits per heavy atom. The van der Waals surface area contributed by atoms with E-state index in [-0.39, 0.29) is 22.5 Å². The Morgan fingerprint density at radius 3 is 2.30 bits per heavy atom. The molecule has 0 bridgehead atoms. The van der Waals surface area contributed by atoms with Gasteiger partial charge in [-0.2, -0.15) is 0 Å². The first kappa shape index (κ1) is 7.80. The van der Waals surface area contributed by atoms with Crippen molar-refractivity contribution in [3.8, 4) is 0 Å². The van der Waals surface area contributed by atoms with Crippen molar-refractivity contribution in [2.24, 2.45) is 17.3 Å². The van der Waals surface area contributed by atoms with Gasteiger partial charge in [-0.25, -0.2) is 0 Å². The molecule has 0 radical (unpaired) electrons. The number of carbonyl (C=O) groups excluding carboxylic acids is 1. The van der Waals surface area contributed by atoms with E-state index in [1.54, 1.807) is 0 Å². The minimum absolute atomic E-state index is 0.00617. The monoisotopic (exact) mass is 158 g/mol. The molecule has 0 aromatic carbocycles. The van der Waals surface area contributed by atoms with Crippen LogP contribution in [0.15, 0.2) is 12.7 Å². The molecule has 1 saturated carbocycles.